The van der Waals surface area contributed by atoms with Crippen molar-refractivity contribution in [2.45, 2.75) is 6.92 Å². The minimum absolute atomic E-state index is 0.267. The quantitative estimate of drug-likeness (QED) is 0.616. The zero-order valence-electron chi connectivity index (χ0n) is 18.0. The van der Waals surface area contributed by atoms with Gasteiger partial charge in [0.1, 0.15) is 11.4 Å². The molecule has 2 amide bonds. The number of benzene rings is 2. The van der Waals surface area contributed by atoms with E-state index in [1.807, 2.05) is 31.2 Å². The van der Waals surface area contributed by atoms with E-state index in [0.29, 0.717) is 54.8 Å². The fourth-order valence-corrected chi connectivity index (χ4v) is 3.92. The number of hydrogen-bond acceptors (Lipinski definition) is 6. The number of amides is 2. The summed E-state index contributed by atoms with van der Waals surface area (Å²) in [4.78, 5) is 30.1. The van der Waals surface area contributed by atoms with E-state index >= 15 is 0 Å². The Morgan fingerprint density at radius 1 is 0.969 bits per heavy atom. The number of nitrogens with one attached hydrogen (secondary N) is 1. The SMILES string of the molecule is CCOc1ccc(NC2=C(c3ccc(Cl)cc3)C(=O)N(CCN3CCOCC3)C2=O)cc1. The van der Waals surface area contributed by atoms with Gasteiger partial charge in [0.05, 0.1) is 25.4 Å². The number of nitrogens with zero attached hydrogens (tertiary/aromatic N) is 2. The molecule has 0 aromatic heterocycles. The lowest BCUT2D eigenvalue weighted by Gasteiger charge is -2.28. The molecule has 2 aliphatic rings. The molecule has 8 heteroatoms. The van der Waals surface area contributed by atoms with Crippen LogP contribution in [0.2, 0.25) is 5.02 Å². The minimum Gasteiger partial charge on any atom is -0.494 e. The standard InChI is InChI=1S/C24H26ClN3O4/c1-2-32-20-9-7-19(8-10-20)26-22-21(17-3-5-18(25)6-4-17)23(29)28(24(22)30)12-11-27-13-15-31-16-14-27/h3-10,26H,2,11-16H2,1H3. The molecule has 0 saturated carbocycles. The van der Waals surface area contributed by atoms with E-state index in [-0.39, 0.29) is 17.5 Å². The molecule has 0 atom stereocenters. The number of imide groups is 1. The van der Waals surface area contributed by atoms with Gasteiger partial charge in [-0.15, -0.1) is 0 Å². The molecule has 2 aromatic carbocycles. The van der Waals surface area contributed by atoms with Crippen molar-refractivity contribution in [2.24, 2.45) is 0 Å². The molecule has 1 saturated heterocycles. The van der Waals surface area contributed by atoms with Crippen molar-refractivity contribution in [1.82, 2.24) is 9.80 Å². The lowest BCUT2D eigenvalue weighted by molar-refractivity contribution is -0.137. The summed E-state index contributed by atoms with van der Waals surface area (Å²) in [6.07, 6.45) is 0. The molecule has 1 fully saturated rings. The molecule has 32 heavy (non-hydrogen) atoms. The minimum atomic E-state index is -0.331. The highest BCUT2D eigenvalue weighted by molar-refractivity contribution is 6.36. The van der Waals surface area contributed by atoms with E-state index in [1.54, 1.807) is 24.3 Å². The van der Waals surface area contributed by atoms with E-state index in [2.05, 4.69) is 10.2 Å². The number of rotatable bonds is 8. The fourth-order valence-electron chi connectivity index (χ4n) is 3.79. The third kappa shape index (κ3) is 4.96. The first kappa shape index (κ1) is 22.3. The average molecular weight is 456 g/mol. The predicted octanol–water partition coefficient (Wildman–Crippen LogP) is 3.26. The molecule has 0 aliphatic carbocycles. The number of morpholine rings is 1. The van der Waals surface area contributed by atoms with Crippen molar-refractivity contribution in [3.63, 3.8) is 0 Å². The summed E-state index contributed by atoms with van der Waals surface area (Å²) in [5.41, 5.74) is 1.96. The monoisotopic (exact) mass is 455 g/mol. The second-order valence-corrected chi connectivity index (χ2v) is 7.99. The van der Waals surface area contributed by atoms with Gasteiger partial charge in [0.15, 0.2) is 0 Å². The second-order valence-electron chi connectivity index (χ2n) is 7.56. The first-order chi connectivity index (χ1) is 15.6. The Morgan fingerprint density at radius 3 is 2.31 bits per heavy atom. The second kappa shape index (κ2) is 10.2. The summed E-state index contributed by atoms with van der Waals surface area (Å²) in [7, 11) is 0. The number of ether oxygens (including phenoxy) is 2. The van der Waals surface area contributed by atoms with E-state index in [4.69, 9.17) is 21.1 Å². The number of carbonyl (C=O) groups is 2. The summed E-state index contributed by atoms with van der Waals surface area (Å²) < 4.78 is 10.9. The van der Waals surface area contributed by atoms with Crippen LogP contribution in [0, 0.1) is 0 Å². The molecule has 168 valence electrons. The molecule has 0 spiro atoms. The molecular weight excluding hydrogens is 430 g/mol. The van der Waals surface area contributed by atoms with Crippen molar-refractivity contribution in [3.05, 3.63) is 64.8 Å². The molecular formula is C24H26ClN3O4. The third-order valence-corrected chi connectivity index (χ3v) is 5.73. The van der Waals surface area contributed by atoms with E-state index in [0.717, 1.165) is 18.8 Å². The zero-order valence-corrected chi connectivity index (χ0v) is 18.7. The number of anilines is 1. The van der Waals surface area contributed by atoms with Gasteiger partial charge < -0.3 is 14.8 Å². The first-order valence-electron chi connectivity index (χ1n) is 10.7. The Bertz CT molecular complexity index is 999. The molecule has 2 aliphatic heterocycles. The molecule has 0 unspecified atom stereocenters. The van der Waals surface area contributed by atoms with E-state index in [1.165, 1.54) is 4.90 Å². The van der Waals surface area contributed by atoms with Crippen LogP contribution in [0.25, 0.3) is 5.57 Å². The molecule has 7 nitrogen and oxygen atoms in total. The summed E-state index contributed by atoms with van der Waals surface area (Å²) in [6.45, 7) is 6.36. The van der Waals surface area contributed by atoms with Gasteiger partial charge in [-0.05, 0) is 48.9 Å². The maximum Gasteiger partial charge on any atom is 0.278 e. The van der Waals surface area contributed by atoms with Gasteiger partial charge in [-0.3, -0.25) is 19.4 Å². The maximum absolute atomic E-state index is 13.3. The highest BCUT2D eigenvalue weighted by Gasteiger charge is 2.39. The van der Waals surface area contributed by atoms with Crippen LogP contribution in [0.4, 0.5) is 5.69 Å². The average Bonchev–Trinajstić information content (AvgIpc) is 3.04. The van der Waals surface area contributed by atoms with Gasteiger partial charge in [0.25, 0.3) is 11.8 Å². The van der Waals surface area contributed by atoms with Gasteiger partial charge in [0, 0.05) is 36.9 Å². The van der Waals surface area contributed by atoms with Crippen molar-refractivity contribution in [3.8, 4) is 5.75 Å². The zero-order chi connectivity index (χ0) is 22.5. The van der Waals surface area contributed by atoms with Gasteiger partial charge in [0.2, 0.25) is 0 Å². The highest BCUT2D eigenvalue weighted by atomic mass is 35.5. The van der Waals surface area contributed by atoms with Crippen LogP contribution < -0.4 is 10.1 Å². The molecule has 0 radical (unpaired) electrons. The lowest BCUT2D eigenvalue weighted by Crippen LogP contribution is -2.43. The van der Waals surface area contributed by atoms with Crippen LogP contribution in [-0.2, 0) is 14.3 Å². The normalized spacial score (nSPS) is 17.2. The Morgan fingerprint density at radius 2 is 1.66 bits per heavy atom. The van der Waals surface area contributed by atoms with Crippen molar-refractivity contribution < 1.29 is 19.1 Å². The maximum atomic E-state index is 13.3. The first-order valence-corrected chi connectivity index (χ1v) is 11.1. The number of hydrogen-bond donors (Lipinski definition) is 1. The Balaban J connectivity index is 1.59. The fraction of sp³-hybridized carbons (Fsp3) is 0.333. The van der Waals surface area contributed by atoms with Gasteiger partial charge in [-0.1, -0.05) is 23.7 Å². The summed E-state index contributed by atoms with van der Waals surface area (Å²) in [5.74, 6) is 0.104. The van der Waals surface area contributed by atoms with Gasteiger partial charge >= 0.3 is 0 Å². The topological polar surface area (TPSA) is 71.1 Å². The summed E-state index contributed by atoms with van der Waals surface area (Å²) in [6, 6.07) is 14.2. The Kier molecular flexibility index (Phi) is 7.09. The highest BCUT2D eigenvalue weighted by Crippen LogP contribution is 2.31. The Labute approximate surface area is 192 Å². The van der Waals surface area contributed by atoms with E-state index in [9.17, 15) is 9.59 Å². The van der Waals surface area contributed by atoms with Crippen LogP contribution in [0.15, 0.2) is 54.2 Å². The number of halogens is 1. The van der Waals surface area contributed by atoms with Crippen LogP contribution >= 0.6 is 11.6 Å². The van der Waals surface area contributed by atoms with Crippen LogP contribution in [0.1, 0.15) is 12.5 Å². The summed E-state index contributed by atoms with van der Waals surface area (Å²) in [5, 5.41) is 3.73. The molecule has 2 aromatic rings. The smallest absolute Gasteiger partial charge is 0.278 e. The predicted molar refractivity (Wildman–Crippen MR) is 124 cm³/mol. The van der Waals surface area contributed by atoms with Crippen LogP contribution in [0.5, 0.6) is 5.75 Å². The lowest BCUT2D eigenvalue weighted by atomic mass is 10.0. The third-order valence-electron chi connectivity index (χ3n) is 5.48. The molecule has 2 heterocycles. The molecule has 4 rings (SSSR count). The van der Waals surface area contributed by atoms with Gasteiger partial charge in [-0.25, -0.2) is 0 Å². The van der Waals surface area contributed by atoms with Crippen molar-refractivity contribution in [2.75, 3.05) is 51.3 Å². The summed E-state index contributed by atoms with van der Waals surface area (Å²) >= 11 is 6.03. The van der Waals surface area contributed by atoms with Crippen LogP contribution in [0.3, 0.4) is 0 Å². The van der Waals surface area contributed by atoms with Gasteiger partial charge in [-0.2, -0.15) is 0 Å². The van der Waals surface area contributed by atoms with Crippen LogP contribution in [-0.4, -0.2) is 67.6 Å². The largest absolute Gasteiger partial charge is 0.494 e. The van der Waals surface area contributed by atoms with Crippen molar-refractivity contribution >= 4 is 34.7 Å². The number of carbonyl (C=O) groups excluding carboxylic acids is 2. The Hall–Kier alpha value is -2.87. The van der Waals surface area contributed by atoms with E-state index < -0.39 is 0 Å². The molecule has 0 bridgehead atoms. The van der Waals surface area contributed by atoms with Crippen molar-refractivity contribution in [1.29, 1.82) is 0 Å². The molecule has 1 N–H and O–H groups in total.